The summed E-state index contributed by atoms with van der Waals surface area (Å²) in [7, 11) is 0. The van der Waals surface area contributed by atoms with Crippen molar-refractivity contribution in [2.24, 2.45) is 0 Å². The number of alkyl halides is 3. The average molecular weight is 394 g/mol. The molecule has 0 fully saturated rings. The van der Waals surface area contributed by atoms with Crippen LogP contribution in [0.1, 0.15) is 16.7 Å². The molecule has 0 aliphatic rings. The molecule has 9 heteroatoms. The van der Waals surface area contributed by atoms with Gasteiger partial charge in [0.1, 0.15) is 0 Å². The fourth-order valence-corrected chi connectivity index (χ4v) is 2.16. The number of carbonyl (C=O) groups is 3. The van der Waals surface area contributed by atoms with E-state index >= 15 is 0 Å². The summed E-state index contributed by atoms with van der Waals surface area (Å²) in [5, 5.41) is 4.47. The predicted octanol–water partition coefficient (Wildman–Crippen LogP) is 2.82. The Balaban J connectivity index is 1.70. The van der Waals surface area contributed by atoms with E-state index < -0.39 is 36.3 Å². The van der Waals surface area contributed by atoms with Crippen LogP contribution in [0.3, 0.4) is 0 Å². The van der Waals surface area contributed by atoms with Crippen LogP contribution in [-0.4, -0.2) is 24.5 Å². The highest BCUT2D eigenvalue weighted by Crippen LogP contribution is 2.29. The number of hydrogen-bond donors (Lipinski definition) is 2. The summed E-state index contributed by atoms with van der Waals surface area (Å²) in [4.78, 5) is 34.9. The molecule has 2 aromatic rings. The third-order valence-corrected chi connectivity index (χ3v) is 3.54. The van der Waals surface area contributed by atoms with Crippen molar-refractivity contribution >= 4 is 17.9 Å². The van der Waals surface area contributed by atoms with E-state index in [9.17, 15) is 27.6 Å². The van der Waals surface area contributed by atoms with Gasteiger partial charge in [-0.1, -0.05) is 42.5 Å². The molecule has 2 N–H and O–H groups in total. The van der Waals surface area contributed by atoms with Gasteiger partial charge in [0.15, 0.2) is 6.61 Å². The van der Waals surface area contributed by atoms with Gasteiger partial charge in [0.2, 0.25) is 0 Å². The lowest BCUT2D eigenvalue weighted by molar-refractivity contribution is -0.147. The lowest BCUT2D eigenvalue weighted by Crippen LogP contribution is -2.41. The molecular formula is C19H17F3N2O4. The number of hydrogen-bond acceptors (Lipinski definition) is 4. The maximum Gasteiger partial charge on any atom is 0.416 e. The van der Waals surface area contributed by atoms with E-state index in [1.807, 2.05) is 11.4 Å². The van der Waals surface area contributed by atoms with Crippen molar-refractivity contribution in [1.29, 1.82) is 0 Å². The first-order chi connectivity index (χ1) is 13.2. The minimum Gasteiger partial charge on any atom is -0.455 e. The van der Waals surface area contributed by atoms with Crippen molar-refractivity contribution in [2.45, 2.75) is 19.1 Å². The third kappa shape index (κ3) is 7.10. The molecule has 148 valence electrons. The Bertz CT molecular complexity index is 821. The molecule has 0 unspecified atom stereocenters. The molecule has 0 heterocycles. The second-order valence-corrected chi connectivity index (χ2v) is 5.75. The van der Waals surface area contributed by atoms with Crippen LogP contribution in [0.4, 0.5) is 18.0 Å². The van der Waals surface area contributed by atoms with Crippen LogP contribution >= 0.6 is 0 Å². The molecule has 0 radical (unpaired) electrons. The third-order valence-electron chi connectivity index (χ3n) is 3.54. The van der Waals surface area contributed by atoms with Crippen LogP contribution < -0.4 is 10.6 Å². The van der Waals surface area contributed by atoms with E-state index in [1.54, 1.807) is 24.3 Å². The first kappa shape index (κ1) is 20.9. The highest BCUT2D eigenvalue weighted by atomic mass is 19.4. The molecule has 0 aliphatic carbocycles. The minimum absolute atomic E-state index is 0.216. The predicted molar refractivity (Wildman–Crippen MR) is 92.9 cm³/mol. The molecule has 28 heavy (non-hydrogen) atoms. The summed E-state index contributed by atoms with van der Waals surface area (Å²) in [6, 6.07) is 12.3. The summed E-state index contributed by atoms with van der Waals surface area (Å²) in [5.74, 6) is -1.63. The zero-order valence-electron chi connectivity index (χ0n) is 14.6. The molecule has 0 saturated carbocycles. The number of rotatable bonds is 6. The van der Waals surface area contributed by atoms with Crippen molar-refractivity contribution in [2.75, 3.05) is 6.61 Å². The van der Waals surface area contributed by atoms with Crippen LogP contribution in [0.15, 0.2) is 54.6 Å². The molecular weight excluding hydrogens is 377 g/mol. The number of imide groups is 1. The Morgan fingerprint density at radius 1 is 0.893 bits per heavy atom. The van der Waals surface area contributed by atoms with Crippen LogP contribution in [0.5, 0.6) is 0 Å². The van der Waals surface area contributed by atoms with E-state index in [1.165, 1.54) is 0 Å². The van der Waals surface area contributed by atoms with Crippen LogP contribution in [-0.2, 0) is 33.5 Å². The molecule has 0 atom stereocenters. The van der Waals surface area contributed by atoms with E-state index in [0.717, 1.165) is 29.8 Å². The zero-order chi connectivity index (χ0) is 20.6. The van der Waals surface area contributed by atoms with E-state index in [0.29, 0.717) is 5.56 Å². The van der Waals surface area contributed by atoms with Gasteiger partial charge >= 0.3 is 18.2 Å². The molecule has 0 saturated heterocycles. The number of amides is 3. The number of benzene rings is 2. The molecule has 0 aliphatic heterocycles. The lowest BCUT2D eigenvalue weighted by Gasteiger charge is -2.09. The van der Waals surface area contributed by atoms with Crippen molar-refractivity contribution in [3.63, 3.8) is 0 Å². The molecule has 0 aromatic heterocycles. The number of nitrogens with one attached hydrogen (secondary N) is 2. The SMILES string of the molecule is O=C(COC(=O)Cc1ccc(C(F)(F)F)cc1)NC(=O)NCc1ccccc1. The number of ether oxygens (including phenoxy) is 1. The van der Waals surface area contributed by atoms with Gasteiger partial charge in [0.05, 0.1) is 12.0 Å². The van der Waals surface area contributed by atoms with Crippen molar-refractivity contribution in [1.82, 2.24) is 10.6 Å². The van der Waals surface area contributed by atoms with Gasteiger partial charge in [-0.25, -0.2) is 4.79 Å². The Morgan fingerprint density at radius 3 is 2.14 bits per heavy atom. The van der Waals surface area contributed by atoms with E-state index in [4.69, 9.17) is 4.74 Å². The summed E-state index contributed by atoms with van der Waals surface area (Å²) in [5.41, 5.74) is 0.317. The number of urea groups is 1. The topological polar surface area (TPSA) is 84.5 Å². The molecule has 6 nitrogen and oxygen atoms in total. The summed E-state index contributed by atoms with van der Waals surface area (Å²) < 4.78 is 42.2. The van der Waals surface area contributed by atoms with Crippen molar-refractivity contribution in [3.8, 4) is 0 Å². The Labute approximate surface area is 158 Å². The summed E-state index contributed by atoms with van der Waals surface area (Å²) in [6.45, 7) is -0.466. The van der Waals surface area contributed by atoms with Crippen molar-refractivity contribution in [3.05, 3.63) is 71.3 Å². The second kappa shape index (κ2) is 9.54. The standard InChI is InChI=1S/C19H17F3N2O4/c20-19(21,22)15-8-6-13(7-9-15)10-17(26)28-12-16(25)24-18(27)23-11-14-4-2-1-3-5-14/h1-9H,10-12H2,(H2,23,24,25,27). The quantitative estimate of drug-likeness (QED) is 0.738. The van der Waals surface area contributed by atoms with Crippen molar-refractivity contribution < 1.29 is 32.3 Å². The maximum absolute atomic E-state index is 12.5. The first-order valence-electron chi connectivity index (χ1n) is 8.17. The average Bonchev–Trinajstić information content (AvgIpc) is 2.65. The molecule has 2 aromatic carbocycles. The van der Waals surface area contributed by atoms with Gasteiger partial charge in [-0.05, 0) is 23.3 Å². The fourth-order valence-electron chi connectivity index (χ4n) is 2.16. The summed E-state index contributed by atoms with van der Waals surface area (Å²) >= 11 is 0. The van der Waals surface area contributed by atoms with Gasteiger partial charge in [0, 0.05) is 6.54 Å². The minimum atomic E-state index is -4.46. The Hall–Kier alpha value is -3.36. The Morgan fingerprint density at radius 2 is 1.54 bits per heavy atom. The monoisotopic (exact) mass is 394 g/mol. The Kier molecular flexibility index (Phi) is 7.14. The fraction of sp³-hybridized carbons (Fsp3) is 0.211. The van der Waals surface area contributed by atoms with Gasteiger partial charge < -0.3 is 10.1 Å². The first-order valence-corrected chi connectivity index (χ1v) is 8.17. The zero-order valence-corrected chi connectivity index (χ0v) is 14.6. The van der Waals surface area contributed by atoms with E-state index in [2.05, 4.69) is 5.32 Å². The normalized spacial score (nSPS) is 10.8. The van der Waals surface area contributed by atoms with Crippen LogP contribution in [0.2, 0.25) is 0 Å². The van der Waals surface area contributed by atoms with Crippen LogP contribution in [0.25, 0.3) is 0 Å². The number of halogens is 3. The van der Waals surface area contributed by atoms with Gasteiger partial charge in [-0.2, -0.15) is 13.2 Å². The summed E-state index contributed by atoms with van der Waals surface area (Å²) in [6.07, 6.45) is -4.76. The lowest BCUT2D eigenvalue weighted by atomic mass is 10.1. The van der Waals surface area contributed by atoms with Gasteiger partial charge in [-0.3, -0.25) is 14.9 Å². The second-order valence-electron chi connectivity index (χ2n) is 5.75. The van der Waals surface area contributed by atoms with E-state index in [-0.39, 0.29) is 13.0 Å². The van der Waals surface area contributed by atoms with Gasteiger partial charge in [0.25, 0.3) is 5.91 Å². The smallest absolute Gasteiger partial charge is 0.416 e. The van der Waals surface area contributed by atoms with Crippen LogP contribution in [0, 0.1) is 0 Å². The highest BCUT2D eigenvalue weighted by Gasteiger charge is 2.30. The number of esters is 1. The maximum atomic E-state index is 12.5. The molecule has 3 amide bonds. The van der Waals surface area contributed by atoms with Gasteiger partial charge in [-0.15, -0.1) is 0 Å². The molecule has 0 bridgehead atoms. The largest absolute Gasteiger partial charge is 0.455 e. The molecule has 0 spiro atoms. The highest BCUT2D eigenvalue weighted by molar-refractivity contribution is 5.95. The molecule has 2 rings (SSSR count). The number of carbonyl (C=O) groups excluding carboxylic acids is 3.